The van der Waals surface area contributed by atoms with Gasteiger partial charge < -0.3 is 10.2 Å². The number of nitrogens with one attached hydrogen (secondary N) is 1. The number of hydrogen-bond donors (Lipinski definition) is 1. The van der Waals surface area contributed by atoms with Gasteiger partial charge in [-0.2, -0.15) is 5.26 Å². The summed E-state index contributed by atoms with van der Waals surface area (Å²) in [5.74, 6) is 0.0806. The molecule has 0 aliphatic carbocycles. The monoisotopic (exact) mass is 321 g/mol. The maximum Gasteiger partial charge on any atom is 0.253 e. The molecule has 4 heteroatoms. The minimum atomic E-state index is 0.0806. The number of rotatable bonds is 7. The number of carbonyl (C=O) groups excluding carboxylic acids is 1. The number of carbonyl (C=O) groups is 1. The lowest BCUT2D eigenvalue weighted by Crippen LogP contribution is -2.30. The van der Waals surface area contributed by atoms with Crippen LogP contribution >= 0.6 is 0 Å². The molecule has 4 nitrogen and oxygen atoms in total. The predicted molar refractivity (Wildman–Crippen MR) is 95.4 cm³/mol. The van der Waals surface area contributed by atoms with Crippen molar-refractivity contribution in [1.29, 1.82) is 5.26 Å². The highest BCUT2D eigenvalue weighted by molar-refractivity contribution is 5.94. The molecular formula is C20H23N3O. The Bertz CT molecular complexity index is 695. The fourth-order valence-electron chi connectivity index (χ4n) is 2.51. The summed E-state index contributed by atoms with van der Waals surface area (Å²) in [6.07, 6.45) is 0. The van der Waals surface area contributed by atoms with E-state index < -0.39 is 0 Å². The Balaban J connectivity index is 1.87. The van der Waals surface area contributed by atoms with Gasteiger partial charge in [0, 0.05) is 31.7 Å². The molecule has 2 aromatic carbocycles. The van der Waals surface area contributed by atoms with Gasteiger partial charge in [0.05, 0.1) is 11.6 Å². The third-order valence-corrected chi connectivity index (χ3v) is 3.99. The van der Waals surface area contributed by atoms with E-state index in [0.29, 0.717) is 5.56 Å². The zero-order chi connectivity index (χ0) is 17.4. The Kier molecular flexibility index (Phi) is 6.53. The van der Waals surface area contributed by atoms with Crippen LogP contribution in [0.15, 0.2) is 48.5 Å². The third kappa shape index (κ3) is 4.68. The van der Waals surface area contributed by atoms with Crippen molar-refractivity contribution in [2.45, 2.75) is 26.9 Å². The van der Waals surface area contributed by atoms with Gasteiger partial charge in [0.15, 0.2) is 0 Å². The Hall–Kier alpha value is -2.64. The van der Waals surface area contributed by atoms with Gasteiger partial charge in [-0.3, -0.25) is 4.79 Å². The van der Waals surface area contributed by atoms with E-state index in [4.69, 9.17) is 5.26 Å². The van der Waals surface area contributed by atoms with Crippen LogP contribution in [0.4, 0.5) is 0 Å². The minimum absolute atomic E-state index is 0.0806. The van der Waals surface area contributed by atoms with E-state index in [-0.39, 0.29) is 5.91 Å². The van der Waals surface area contributed by atoms with Gasteiger partial charge in [-0.15, -0.1) is 0 Å². The van der Waals surface area contributed by atoms with Crippen molar-refractivity contribution in [2.24, 2.45) is 0 Å². The molecular weight excluding hydrogens is 298 g/mol. The normalized spacial score (nSPS) is 10.2. The van der Waals surface area contributed by atoms with Crippen molar-refractivity contribution < 1.29 is 4.79 Å². The number of nitrogens with zero attached hydrogens (tertiary/aromatic N) is 2. The third-order valence-electron chi connectivity index (χ3n) is 3.99. The minimum Gasteiger partial charge on any atom is -0.339 e. The van der Waals surface area contributed by atoms with E-state index in [0.717, 1.165) is 42.9 Å². The van der Waals surface area contributed by atoms with Crippen LogP contribution in [0.5, 0.6) is 0 Å². The summed E-state index contributed by atoms with van der Waals surface area (Å²) in [6, 6.07) is 17.4. The lowest BCUT2D eigenvalue weighted by atomic mass is 10.1. The molecule has 1 amide bonds. The van der Waals surface area contributed by atoms with Crippen LogP contribution in [-0.4, -0.2) is 23.9 Å². The fraction of sp³-hybridized carbons (Fsp3) is 0.300. The molecule has 0 saturated heterocycles. The SMILES string of the molecule is CCN(CC)C(=O)c1ccc(CNCc2ccc(C#N)cc2)cc1. The molecule has 0 radical (unpaired) electrons. The van der Waals surface area contributed by atoms with Gasteiger partial charge in [-0.05, 0) is 49.2 Å². The van der Waals surface area contributed by atoms with E-state index in [1.165, 1.54) is 0 Å². The van der Waals surface area contributed by atoms with Crippen LogP contribution in [0.1, 0.15) is 40.9 Å². The average molecular weight is 321 g/mol. The molecule has 0 aliphatic rings. The summed E-state index contributed by atoms with van der Waals surface area (Å²) in [6.45, 7) is 6.91. The molecule has 0 spiro atoms. The molecule has 0 atom stereocenters. The van der Waals surface area contributed by atoms with Crippen molar-refractivity contribution >= 4 is 5.91 Å². The Morgan fingerprint density at radius 1 is 0.958 bits per heavy atom. The zero-order valence-electron chi connectivity index (χ0n) is 14.2. The molecule has 0 aliphatic heterocycles. The second kappa shape index (κ2) is 8.85. The lowest BCUT2D eigenvalue weighted by molar-refractivity contribution is 0.0773. The summed E-state index contributed by atoms with van der Waals surface area (Å²) in [5, 5.41) is 12.2. The van der Waals surface area contributed by atoms with Gasteiger partial charge in [-0.25, -0.2) is 0 Å². The van der Waals surface area contributed by atoms with Crippen LogP contribution in [-0.2, 0) is 13.1 Å². The first kappa shape index (κ1) is 17.7. The van der Waals surface area contributed by atoms with Gasteiger partial charge in [0.2, 0.25) is 0 Å². The van der Waals surface area contributed by atoms with Crippen LogP contribution in [0.25, 0.3) is 0 Å². The largest absolute Gasteiger partial charge is 0.339 e. The molecule has 0 bridgehead atoms. The van der Waals surface area contributed by atoms with E-state index in [9.17, 15) is 4.79 Å². The molecule has 0 heterocycles. The Labute approximate surface area is 143 Å². The first-order chi connectivity index (χ1) is 11.7. The number of hydrogen-bond acceptors (Lipinski definition) is 3. The first-order valence-corrected chi connectivity index (χ1v) is 8.25. The van der Waals surface area contributed by atoms with Gasteiger partial charge >= 0.3 is 0 Å². The summed E-state index contributed by atoms with van der Waals surface area (Å²) in [4.78, 5) is 14.1. The van der Waals surface area contributed by atoms with Crippen molar-refractivity contribution in [3.8, 4) is 6.07 Å². The Morgan fingerprint density at radius 2 is 1.46 bits per heavy atom. The number of benzene rings is 2. The highest BCUT2D eigenvalue weighted by Crippen LogP contribution is 2.09. The van der Waals surface area contributed by atoms with Crippen LogP contribution in [0.2, 0.25) is 0 Å². The molecule has 0 saturated carbocycles. The molecule has 24 heavy (non-hydrogen) atoms. The van der Waals surface area contributed by atoms with Crippen molar-refractivity contribution in [3.05, 3.63) is 70.8 Å². The van der Waals surface area contributed by atoms with Gasteiger partial charge in [0.1, 0.15) is 0 Å². The smallest absolute Gasteiger partial charge is 0.253 e. The van der Waals surface area contributed by atoms with E-state index in [1.54, 1.807) is 0 Å². The fourth-order valence-corrected chi connectivity index (χ4v) is 2.51. The molecule has 2 rings (SSSR count). The average Bonchev–Trinajstić information content (AvgIpc) is 2.64. The highest BCUT2D eigenvalue weighted by Gasteiger charge is 2.11. The lowest BCUT2D eigenvalue weighted by Gasteiger charge is -2.18. The van der Waals surface area contributed by atoms with E-state index in [1.807, 2.05) is 67.3 Å². The summed E-state index contributed by atoms with van der Waals surface area (Å²) in [7, 11) is 0. The van der Waals surface area contributed by atoms with Crippen LogP contribution < -0.4 is 5.32 Å². The second-order valence-electron chi connectivity index (χ2n) is 5.59. The summed E-state index contributed by atoms with van der Waals surface area (Å²) < 4.78 is 0. The molecule has 2 aromatic rings. The van der Waals surface area contributed by atoms with E-state index in [2.05, 4.69) is 11.4 Å². The first-order valence-electron chi connectivity index (χ1n) is 8.25. The molecule has 1 N–H and O–H groups in total. The second-order valence-corrected chi connectivity index (χ2v) is 5.59. The Morgan fingerprint density at radius 3 is 1.92 bits per heavy atom. The maximum atomic E-state index is 12.3. The van der Waals surface area contributed by atoms with Crippen molar-refractivity contribution in [3.63, 3.8) is 0 Å². The topological polar surface area (TPSA) is 56.1 Å². The molecule has 0 fully saturated rings. The predicted octanol–water partition coefficient (Wildman–Crippen LogP) is 3.33. The number of amides is 1. The molecule has 0 aromatic heterocycles. The molecule has 124 valence electrons. The quantitative estimate of drug-likeness (QED) is 0.851. The van der Waals surface area contributed by atoms with Crippen LogP contribution in [0.3, 0.4) is 0 Å². The summed E-state index contributed by atoms with van der Waals surface area (Å²) in [5.41, 5.74) is 3.68. The van der Waals surface area contributed by atoms with E-state index >= 15 is 0 Å². The van der Waals surface area contributed by atoms with Crippen molar-refractivity contribution in [2.75, 3.05) is 13.1 Å². The number of nitriles is 1. The van der Waals surface area contributed by atoms with Crippen molar-refractivity contribution in [1.82, 2.24) is 10.2 Å². The maximum absolute atomic E-state index is 12.3. The highest BCUT2D eigenvalue weighted by atomic mass is 16.2. The zero-order valence-corrected chi connectivity index (χ0v) is 14.2. The van der Waals surface area contributed by atoms with Gasteiger partial charge in [-0.1, -0.05) is 24.3 Å². The summed E-state index contributed by atoms with van der Waals surface area (Å²) >= 11 is 0. The molecule has 0 unspecified atom stereocenters. The van der Waals surface area contributed by atoms with Crippen LogP contribution in [0, 0.1) is 11.3 Å². The van der Waals surface area contributed by atoms with Gasteiger partial charge in [0.25, 0.3) is 5.91 Å². The standard InChI is InChI=1S/C20H23N3O/c1-3-23(4-2)20(24)19-11-9-18(10-12-19)15-22-14-17-7-5-16(13-21)6-8-17/h5-12,22H,3-4,14-15H2,1-2H3.